The first-order valence-corrected chi connectivity index (χ1v) is 8.91. The second-order valence-electron chi connectivity index (χ2n) is 5.70. The maximum Gasteiger partial charge on any atom is 0.119 e. The first-order valence-electron chi connectivity index (χ1n) is 8.09. The lowest BCUT2D eigenvalue weighted by atomic mass is 10.2. The summed E-state index contributed by atoms with van der Waals surface area (Å²) in [7, 11) is 2.17. The van der Waals surface area contributed by atoms with Crippen LogP contribution in [-0.4, -0.2) is 54.7 Å². The molecule has 1 aliphatic heterocycles. The molecular weight excluding hydrogens is 308 g/mol. The molecule has 3 rings (SSSR count). The molecule has 1 N–H and O–H groups in total. The Morgan fingerprint density at radius 2 is 1.91 bits per heavy atom. The van der Waals surface area contributed by atoms with Crippen LogP contribution in [0.4, 0.5) is 0 Å². The van der Waals surface area contributed by atoms with Crippen molar-refractivity contribution in [2.24, 2.45) is 0 Å². The molecule has 1 fully saturated rings. The van der Waals surface area contributed by atoms with Crippen molar-refractivity contribution in [2.45, 2.75) is 13.5 Å². The van der Waals surface area contributed by atoms with E-state index in [1.165, 1.54) is 10.4 Å². The number of piperazine rings is 1. The molecule has 6 heteroatoms. The van der Waals surface area contributed by atoms with Gasteiger partial charge < -0.3 is 9.64 Å². The van der Waals surface area contributed by atoms with Crippen molar-refractivity contribution in [1.29, 1.82) is 0 Å². The zero-order valence-corrected chi connectivity index (χ0v) is 14.6. The lowest BCUT2D eigenvalue weighted by Gasteiger charge is -2.32. The Bertz CT molecular complexity index is 605. The van der Waals surface area contributed by atoms with Gasteiger partial charge in [-0.1, -0.05) is 0 Å². The number of hydrogen-bond acceptors (Lipinski definition) is 6. The molecule has 0 unspecified atom stereocenters. The second-order valence-corrected chi connectivity index (χ2v) is 6.82. The van der Waals surface area contributed by atoms with E-state index in [0.29, 0.717) is 6.61 Å². The van der Waals surface area contributed by atoms with E-state index in [1.807, 2.05) is 25.3 Å². The summed E-state index contributed by atoms with van der Waals surface area (Å²) in [5.74, 6) is 0.915. The van der Waals surface area contributed by atoms with Gasteiger partial charge in [0.15, 0.2) is 0 Å². The third-order valence-electron chi connectivity index (χ3n) is 3.96. The van der Waals surface area contributed by atoms with E-state index in [2.05, 4.69) is 39.5 Å². The fourth-order valence-electron chi connectivity index (χ4n) is 2.55. The molecule has 5 nitrogen and oxygen atoms in total. The highest BCUT2D eigenvalue weighted by Gasteiger charge is 2.13. The molecule has 23 heavy (non-hydrogen) atoms. The number of hydrazine groups is 1. The summed E-state index contributed by atoms with van der Waals surface area (Å²) < 4.78 is 5.48. The van der Waals surface area contributed by atoms with Gasteiger partial charge >= 0.3 is 0 Å². The molecule has 0 atom stereocenters. The standard InChI is InChI=1S/C17H24N4OS/c1-3-22-15-6-4-14(5-7-15)16-12-18-17(23-16)13-19-21-10-8-20(2)9-11-21/h4-7,12,19H,3,8-11,13H2,1-2H3. The van der Waals surface area contributed by atoms with Gasteiger partial charge in [0.1, 0.15) is 10.8 Å². The summed E-state index contributed by atoms with van der Waals surface area (Å²) in [5, 5.41) is 3.41. The number of nitrogens with zero attached hydrogens (tertiary/aromatic N) is 3. The molecule has 0 radical (unpaired) electrons. The molecule has 2 aromatic rings. The number of nitrogens with one attached hydrogen (secondary N) is 1. The summed E-state index contributed by atoms with van der Waals surface area (Å²) >= 11 is 1.74. The van der Waals surface area contributed by atoms with Crippen LogP contribution in [0.15, 0.2) is 30.5 Å². The molecule has 0 aliphatic carbocycles. The lowest BCUT2D eigenvalue weighted by molar-refractivity contribution is 0.102. The van der Waals surface area contributed by atoms with E-state index in [1.54, 1.807) is 11.3 Å². The Kier molecular flexibility index (Phi) is 5.61. The van der Waals surface area contributed by atoms with Crippen molar-refractivity contribution >= 4 is 11.3 Å². The van der Waals surface area contributed by atoms with E-state index in [-0.39, 0.29) is 0 Å². The average molecular weight is 332 g/mol. The summed E-state index contributed by atoms with van der Waals surface area (Å²) in [6, 6.07) is 8.22. The monoisotopic (exact) mass is 332 g/mol. The van der Waals surface area contributed by atoms with Gasteiger partial charge in [-0.2, -0.15) is 0 Å². The van der Waals surface area contributed by atoms with Crippen LogP contribution >= 0.6 is 11.3 Å². The number of benzene rings is 1. The minimum Gasteiger partial charge on any atom is -0.494 e. The summed E-state index contributed by atoms with van der Waals surface area (Å²) in [5.41, 5.74) is 4.68. The zero-order valence-electron chi connectivity index (χ0n) is 13.8. The van der Waals surface area contributed by atoms with Crippen LogP contribution in [0.5, 0.6) is 5.75 Å². The van der Waals surface area contributed by atoms with Crippen molar-refractivity contribution in [2.75, 3.05) is 39.8 Å². The SMILES string of the molecule is CCOc1ccc(-c2cnc(CNN3CCN(C)CC3)s2)cc1. The molecule has 124 valence electrons. The molecular formula is C17H24N4OS. The van der Waals surface area contributed by atoms with Crippen LogP contribution in [0, 0.1) is 0 Å². The van der Waals surface area contributed by atoms with E-state index in [0.717, 1.165) is 43.5 Å². The number of likely N-dealkylation sites (N-methyl/N-ethyl adjacent to an activating group) is 1. The molecule has 1 aromatic carbocycles. The van der Waals surface area contributed by atoms with Gasteiger partial charge in [0.2, 0.25) is 0 Å². The highest BCUT2D eigenvalue weighted by atomic mass is 32.1. The Labute approximate surface area is 141 Å². The maximum atomic E-state index is 5.48. The number of hydrogen-bond donors (Lipinski definition) is 1. The number of thiazole rings is 1. The molecule has 1 saturated heterocycles. The zero-order chi connectivity index (χ0) is 16.1. The summed E-state index contributed by atoms with van der Waals surface area (Å²) in [6.07, 6.45) is 1.96. The third-order valence-corrected chi connectivity index (χ3v) is 5.01. The molecule has 0 bridgehead atoms. The Hall–Kier alpha value is -1.47. The van der Waals surface area contributed by atoms with Crippen LogP contribution in [0.2, 0.25) is 0 Å². The smallest absolute Gasteiger partial charge is 0.119 e. The highest BCUT2D eigenvalue weighted by molar-refractivity contribution is 7.15. The van der Waals surface area contributed by atoms with E-state index in [9.17, 15) is 0 Å². The normalized spacial score (nSPS) is 16.6. The van der Waals surface area contributed by atoms with Crippen molar-refractivity contribution in [3.05, 3.63) is 35.5 Å². The summed E-state index contributed by atoms with van der Waals surface area (Å²) in [4.78, 5) is 8.09. The van der Waals surface area contributed by atoms with Crippen molar-refractivity contribution in [3.63, 3.8) is 0 Å². The lowest BCUT2D eigenvalue weighted by Crippen LogP contribution is -2.50. The quantitative estimate of drug-likeness (QED) is 0.880. The number of aromatic nitrogens is 1. The largest absolute Gasteiger partial charge is 0.494 e. The van der Waals surface area contributed by atoms with Gasteiger partial charge in [0.25, 0.3) is 0 Å². The van der Waals surface area contributed by atoms with Gasteiger partial charge in [0, 0.05) is 32.4 Å². The number of rotatable bonds is 6. The fraction of sp³-hybridized carbons (Fsp3) is 0.471. The predicted molar refractivity (Wildman–Crippen MR) is 94.6 cm³/mol. The molecule has 0 saturated carbocycles. The third kappa shape index (κ3) is 4.51. The molecule has 1 aliphatic rings. The van der Waals surface area contributed by atoms with Gasteiger partial charge in [0.05, 0.1) is 18.0 Å². The second kappa shape index (κ2) is 7.88. The summed E-state index contributed by atoms with van der Waals surface area (Å²) in [6.45, 7) is 7.84. The van der Waals surface area contributed by atoms with Gasteiger partial charge in [-0.25, -0.2) is 15.4 Å². The molecule has 0 spiro atoms. The molecule has 2 heterocycles. The highest BCUT2D eigenvalue weighted by Crippen LogP contribution is 2.27. The first-order chi connectivity index (χ1) is 11.2. The fourth-order valence-corrected chi connectivity index (χ4v) is 3.41. The van der Waals surface area contributed by atoms with Crippen LogP contribution in [0.3, 0.4) is 0 Å². The Morgan fingerprint density at radius 1 is 1.17 bits per heavy atom. The molecule has 1 aromatic heterocycles. The van der Waals surface area contributed by atoms with Crippen LogP contribution in [0.1, 0.15) is 11.9 Å². The topological polar surface area (TPSA) is 40.6 Å². The average Bonchev–Trinajstić information content (AvgIpc) is 3.04. The van der Waals surface area contributed by atoms with Gasteiger partial charge in [-0.3, -0.25) is 0 Å². The van der Waals surface area contributed by atoms with Crippen LogP contribution in [-0.2, 0) is 6.54 Å². The van der Waals surface area contributed by atoms with E-state index >= 15 is 0 Å². The van der Waals surface area contributed by atoms with Crippen molar-refractivity contribution in [3.8, 4) is 16.2 Å². The minimum atomic E-state index is 0.696. The maximum absolute atomic E-state index is 5.48. The van der Waals surface area contributed by atoms with Crippen LogP contribution < -0.4 is 10.2 Å². The van der Waals surface area contributed by atoms with Gasteiger partial charge in [-0.05, 0) is 43.8 Å². The predicted octanol–water partition coefficient (Wildman–Crippen LogP) is 2.46. The van der Waals surface area contributed by atoms with Gasteiger partial charge in [-0.15, -0.1) is 11.3 Å². The van der Waals surface area contributed by atoms with Crippen molar-refractivity contribution < 1.29 is 4.74 Å². The Morgan fingerprint density at radius 3 is 2.61 bits per heavy atom. The van der Waals surface area contributed by atoms with Crippen LogP contribution in [0.25, 0.3) is 10.4 Å². The Balaban J connectivity index is 1.55. The first kappa shape index (κ1) is 16.4. The molecule has 0 amide bonds. The number of ether oxygens (including phenoxy) is 1. The van der Waals surface area contributed by atoms with E-state index in [4.69, 9.17) is 4.74 Å². The minimum absolute atomic E-state index is 0.696. The van der Waals surface area contributed by atoms with Crippen molar-refractivity contribution in [1.82, 2.24) is 20.3 Å². The van der Waals surface area contributed by atoms with E-state index < -0.39 is 0 Å².